The molecule has 2 saturated heterocycles. The highest BCUT2D eigenvalue weighted by Crippen LogP contribution is 2.30. The molecule has 0 spiro atoms. The van der Waals surface area contributed by atoms with Crippen molar-refractivity contribution in [3.05, 3.63) is 22.5 Å². The van der Waals surface area contributed by atoms with E-state index in [0.717, 1.165) is 0 Å². The van der Waals surface area contributed by atoms with Gasteiger partial charge in [-0.1, -0.05) is 11.6 Å². The van der Waals surface area contributed by atoms with E-state index < -0.39 is 5.82 Å². The quantitative estimate of drug-likeness (QED) is 0.627. The summed E-state index contributed by atoms with van der Waals surface area (Å²) < 4.78 is 19.7. The van der Waals surface area contributed by atoms with Crippen molar-refractivity contribution in [1.82, 2.24) is 20.3 Å². The predicted octanol–water partition coefficient (Wildman–Crippen LogP) is 1.65. The lowest BCUT2D eigenvalue weighted by molar-refractivity contribution is 0.0375. The first-order valence-corrected chi connectivity index (χ1v) is 7.63. The van der Waals surface area contributed by atoms with Gasteiger partial charge in [0.25, 0.3) is 0 Å². The summed E-state index contributed by atoms with van der Waals surface area (Å²) in [5.41, 5.74) is 0.0925. The van der Waals surface area contributed by atoms with E-state index in [4.69, 9.17) is 27.9 Å². The third-order valence-electron chi connectivity index (χ3n) is 3.88. The lowest BCUT2D eigenvalue weighted by Crippen LogP contribution is -2.63. The summed E-state index contributed by atoms with van der Waals surface area (Å²) in [4.78, 5) is 14.2. The van der Waals surface area contributed by atoms with Gasteiger partial charge in [-0.15, -0.1) is 0 Å². The highest BCUT2D eigenvalue weighted by atomic mass is 35.5. The van der Waals surface area contributed by atoms with Crippen molar-refractivity contribution in [2.75, 3.05) is 31.2 Å². The van der Waals surface area contributed by atoms with E-state index in [1.807, 2.05) is 0 Å². The van der Waals surface area contributed by atoms with Crippen LogP contribution in [0.5, 0.6) is 0 Å². The first-order chi connectivity index (χ1) is 10.6. The van der Waals surface area contributed by atoms with Gasteiger partial charge in [-0.3, -0.25) is 0 Å². The molecule has 4 rings (SSSR count). The van der Waals surface area contributed by atoms with Crippen LogP contribution in [-0.2, 0) is 4.74 Å². The molecule has 1 N–H and O–H groups in total. The average molecular weight is 344 g/mol. The summed E-state index contributed by atoms with van der Waals surface area (Å²) in [6, 6.07) is 0.419. The number of piperazine rings is 1. The molecule has 2 aliphatic rings. The summed E-state index contributed by atoms with van der Waals surface area (Å²) >= 11 is 11.7. The second-order valence-corrected chi connectivity index (χ2v) is 6.14. The molecule has 2 atom stereocenters. The normalized spacial score (nSPS) is 24.8. The van der Waals surface area contributed by atoms with E-state index in [9.17, 15) is 4.39 Å². The van der Waals surface area contributed by atoms with Crippen molar-refractivity contribution in [1.29, 1.82) is 0 Å². The highest BCUT2D eigenvalue weighted by Gasteiger charge is 2.32. The maximum absolute atomic E-state index is 14.2. The number of aromatic nitrogens is 3. The number of hydrogen-bond donors (Lipinski definition) is 1. The summed E-state index contributed by atoms with van der Waals surface area (Å²) in [5, 5.41) is 3.75. The molecule has 116 valence electrons. The monoisotopic (exact) mass is 343 g/mol. The Hall–Kier alpha value is -1.28. The van der Waals surface area contributed by atoms with Crippen molar-refractivity contribution in [3.8, 4) is 0 Å². The van der Waals surface area contributed by atoms with Crippen molar-refractivity contribution in [2.24, 2.45) is 0 Å². The molecule has 2 aromatic heterocycles. The van der Waals surface area contributed by atoms with Crippen LogP contribution in [0.2, 0.25) is 10.4 Å². The third-order valence-corrected chi connectivity index (χ3v) is 4.32. The van der Waals surface area contributed by atoms with Gasteiger partial charge in [0.15, 0.2) is 11.0 Å². The molecule has 2 aliphatic heterocycles. The van der Waals surface area contributed by atoms with Crippen LogP contribution in [-0.4, -0.2) is 53.3 Å². The van der Waals surface area contributed by atoms with Gasteiger partial charge in [0.2, 0.25) is 5.28 Å². The fraction of sp³-hybridized carbons (Fsp3) is 0.462. The van der Waals surface area contributed by atoms with Crippen molar-refractivity contribution in [2.45, 2.75) is 12.1 Å². The number of fused-ring (bicyclic) bond motifs is 3. The maximum atomic E-state index is 14.2. The van der Waals surface area contributed by atoms with Crippen LogP contribution in [0.15, 0.2) is 6.20 Å². The summed E-state index contributed by atoms with van der Waals surface area (Å²) in [7, 11) is 0. The topological polar surface area (TPSA) is 63.2 Å². The van der Waals surface area contributed by atoms with E-state index in [0.29, 0.717) is 37.5 Å². The van der Waals surface area contributed by atoms with Gasteiger partial charge in [0.05, 0.1) is 18.6 Å². The van der Waals surface area contributed by atoms with Crippen LogP contribution in [0.3, 0.4) is 0 Å². The molecule has 2 bridgehead atoms. The molecule has 9 heteroatoms. The number of hydrogen-bond acceptors (Lipinski definition) is 6. The van der Waals surface area contributed by atoms with Crippen LogP contribution in [0.25, 0.3) is 10.9 Å². The summed E-state index contributed by atoms with van der Waals surface area (Å²) in [6.45, 7) is 2.68. The molecular weight excluding hydrogens is 332 g/mol. The van der Waals surface area contributed by atoms with E-state index in [-0.39, 0.29) is 28.0 Å². The molecule has 6 nitrogen and oxygen atoms in total. The molecule has 0 aliphatic carbocycles. The van der Waals surface area contributed by atoms with Crippen molar-refractivity contribution in [3.63, 3.8) is 0 Å². The molecule has 0 amide bonds. The molecule has 22 heavy (non-hydrogen) atoms. The molecule has 2 aromatic rings. The van der Waals surface area contributed by atoms with Crippen LogP contribution in [0, 0.1) is 5.82 Å². The number of rotatable bonds is 1. The summed E-state index contributed by atoms with van der Waals surface area (Å²) in [5.74, 6) is -0.0974. The predicted molar refractivity (Wildman–Crippen MR) is 81.1 cm³/mol. The van der Waals surface area contributed by atoms with Crippen LogP contribution < -0.4 is 10.2 Å². The molecule has 0 saturated carbocycles. The van der Waals surface area contributed by atoms with Crippen LogP contribution in [0.4, 0.5) is 10.2 Å². The number of morpholine rings is 1. The minimum Gasteiger partial charge on any atom is -0.378 e. The Morgan fingerprint density at radius 3 is 2.68 bits per heavy atom. The minimum absolute atomic E-state index is 0.0105. The van der Waals surface area contributed by atoms with E-state index in [2.05, 4.69) is 25.2 Å². The number of nitrogens with zero attached hydrogens (tertiary/aromatic N) is 4. The second kappa shape index (κ2) is 5.42. The SMILES string of the molecule is Fc1c(Cl)ncc2c(N3CC4COCC(C3)N4)nc(Cl)nc12. The Morgan fingerprint density at radius 1 is 1.23 bits per heavy atom. The minimum atomic E-state index is -0.677. The molecule has 0 aromatic carbocycles. The van der Waals surface area contributed by atoms with Gasteiger partial charge in [-0.25, -0.2) is 14.4 Å². The first-order valence-electron chi connectivity index (χ1n) is 6.88. The zero-order valence-electron chi connectivity index (χ0n) is 11.4. The molecular formula is C13H12Cl2FN5O. The fourth-order valence-electron chi connectivity index (χ4n) is 3.01. The van der Waals surface area contributed by atoms with Gasteiger partial charge in [-0.2, -0.15) is 4.98 Å². The van der Waals surface area contributed by atoms with E-state index in [1.165, 1.54) is 6.20 Å². The maximum Gasteiger partial charge on any atom is 0.225 e. The molecule has 2 fully saturated rings. The second-order valence-electron chi connectivity index (χ2n) is 5.44. The van der Waals surface area contributed by atoms with E-state index >= 15 is 0 Å². The Balaban J connectivity index is 1.82. The Bertz CT molecular complexity index is 734. The Kier molecular flexibility index (Phi) is 3.53. The van der Waals surface area contributed by atoms with Crippen LogP contribution in [0.1, 0.15) is 0 Å². The molecule has 4 heterocycles. The smallest absolute Gasteiger partial charge is 0.225 e. The Morgan fingerprint density at radius 2 is 1.95 bits per heavy atom. The zero-order chi connectivity index (χ0) is 15.3. The standard InChI is InChI=1S/C13H12Cl2FN5O/c14-11-9(16)10-8(1-17-11)12(20-13(15)19-10)21-2-6-4-22-5-7(3-21)18-6/h1,6-7,18H,2-5H2. The molecule has 2 unspecified atom stereocenters. The van der Waals surface area contributed by atoms with Gasteiger partial charge in [0.1, 0.15) is 11.3 Å². The van der Waals surface area contributed by atoms with Gasteiger partial charge >= 0.3 is 0 Å². The largest absolute Gasteiger partial charge is 0.378 e. The summed E-state index contributed by atoms with van der Waals surface area (Å²) in [6.07, 6.45) is 1.49. The number of anilines is 1. The lowest BCUT2D eigenvalue weighted by Gasteiger charge is -2.42. The molecule has 0 radical (unpaired) electrons. The third kappa shape index (κ3) is 2.38. The van der Waals surface area contributed by atoms with Crippen LogP contribution >= 0.6 is 23.2 Å². The van der Waals surface area contributed by atoms with E-state index in [1.54, 1.807) is 0 Å². The number of ether oxygens (including phenoxy) is 1. The highest BCUT2D eigenvalue weighted by molar-refractivity contribution is 6.30. The Labute approximate surface area is 135 Å². The number of halogens is 3. The van der Waals surface area contributed by atoms with Gasteiger partial charge in [0, 0.05) is 31.4 Å². The number of nitrogens with one attached hydrogen (secondary N) is 1. The zero-order valence-corrected chi connectivity index (χ0v) is 12.9. The first kappa shape index (κ1) is 14.3. The average Bonchev–Trinajstić information content (AvgIpc) is 2.50. The van der Waals surface area contributed by atoms with Crippen molar-refractivity contribution >= 4 is 39.9 Å². The van der Waals surface area contributed by atoms with Crippen molar-refractivity contribution < 1.29 is 9.13 Å². The van der Waals surface area contributed by atoms with Gasteiger partial charge in [-0.05, 0) is 11.6 Å². The van der Waals surface area contributed by atoms with Gasteiger partial charge < -0.3 is 15.0 Å². The lowest BCUT2D eigenvalue weighted by atomic mass is 10.1. The fourth-order valence-corrected chi connectivity index (χ4v) is 3.31. The number of pyridine rings is 1.